The third-order valence-electron chi connectivity index (χ3n) is 3.72. The first-order chi connectivity index (χ1) is 11.1. The molecule has 0 aliphatic carbocycles. The fourth-order valence-corrected chi connectivity index (χ4v) is 2.97. The van der Waals surface area contributed by atoms with Crippen LogP contribution in [0.2, 0.25) is 0 Å². The smallest absolute Gasteiger partial charge is 0.338 e. The topological polar surface area (TPSA) is 63.2 Å². The van der Waals surface area contributed by atoms with Crippen LogP contribution in [0.25, 0.3) is 10.9 Å². The minimum absolute atomic E-state index is 0.328. The van der Waals surface area contributed by atoms with Crippen molar-refractivity contribution in [1.29, 1.82) is 0 Å². The number of aromatic nitrogens is 1. The van der Waals surface area contributed by atoms with E-state index >= 15 is 0 Å². The molecule has 1 atom stereocenters. The van der Waals surface area contributed by atoms with E-state index in [4.69, 9.17) is 17.0 Å². The molecule has 0 unspecified atom stereocenters. The van der Waals surface area contributed by atoms with E-state index in [9.17, 15) is 4.79 Å². The fraction of sp³-hybridized carbons (Fsp3) is 0.235. The molecule has 3 rings (SSSR count). The van der Waals surface area contributed by atoms with Gasteiger partial charge in [-0.2, -0.15) is 0 Å². The van der Waals surface area contributed by atoms with Gasteiger partial charge in [0.1, 0.15) is 0 Å². The quantitative estimate of drug-likeness (QED) is 0.667. The molecule has 5 nitrogen and oxygen atoms in total. The molecule has 0 fully saturated rings. The van der Waals surface area contributed by atoms with Crippen molar-refractivity contribution in [2.24, 2.45) is 0 Å². The minimum Gasteiger partial charge on any atom is -0.463 e. The van der Waals surface area contributed by atoms with Crippen LogP contribution in [0.3, 0.4) is 0 Å². The fourth-order valence-electron chi connectivity index (χ4n) is 2.70. The number of hydrogen-bond acceptors (Lipinski definition) is 4. The zero-order chi connectivity index (χ0) is 16.4. The van der Waals surface area contributed by atoms with Crippen molar-refractivity contribution in [2.45, 2.75) is 19.9 Å². The van der Waals surface area contributed by atoms with E-state index in [-0.39, 0.29) is 12.0 Å². The molecule has 0 amide bonds. The standard InChI is InChI=1S/C17H17N3O2S/c1-3-22-16(21)14-10(2)19-17(23)20-15(14)12-6-7-13-11(9-12)5-4-8-18-13/h4-9,15H,3H2,1-2H3,(H2,19,20,23)/t15-/m1/s1. The van der Waals surface area contributed by atoms with Crippen LogP contribution in [0.5, 0.6) is 0 Å². The van der Waals surface area contributed by atoms with E-state index in [1.54, 1.807) is 13.1 Å². The van der Waals surface area contributed by atoms with Gasteiger partial charge in [-0.25, -0.2) is 4.79 Å². The highest BCUT2D eigenvalue weighted by Crippen LogP contribution is 2.29. The van der Waals surface area contributed by atoms with Crippen molar-refractivity contribution in [2.75, 3.05) is 6.61 Å². The predicted octanol–water partition coefficient (Wildman–Crippen LogP) is 2.59. The number of hydrogen-bond donors (Lipinski definition) is 2. The van der Waals surface area contributed by atoms with Crippen LogP contribution in [-0.4, -0.2) is 22.7 Å². The molecule has 2 heterocycles. The molecule has 2 N–H and O–H groups in total. The van der Waals surface area contributed by atoms with E-state index in [1.165, 1.54) is 0 Å². The Bertz CT molecular complexity index is 816. The van der Waals surface area contributed by atoms with Crippen LogP contribution in [0.4, 0.5) is 0 Å². The van der Waals surface area contributed by atoms with Crippen LogP contribution >= 0.6 is 12.2 Å². The molecule has 0 bridgehead atoms. The average molecular weight is 327 g/mol. The highest BCUT2D eigenvalue weighted by molar-refractivity contribution is 7.80. The monoisotopic (exact) mass is 327 g/mol. The number of thiocarbonyl (C=S) groups is 1. The third kappa shape index (κ3) is 3.03. The number of pyridine rings is 1. The van der Waals surface area contributed by atoms with Crippen molar-refractivity contribution < 1.29 is 9.53 Å². The number of benzene rings is 1. The maximum atomic E-state index is 12.3. The maximum Gasteiger partial charge on any atom is 0.338 e. The number of allylic oxidation sites excluding steroid dienone is 1. The van der Waals surface area contributed by atoms with Gasteiger partial charge < -0.3 is 15.4 Å². The Balaban J connectivity index is 2.07. The van der Waals surface area contributed by atoms with Gasteiger partial charge in [-0.15, -0.1) is 0 Å². The molecule has 23 heavy (non-hydrogen) atoms. The van der Waals surface area contributed by atoms with Gasteiger partial charge in [0, 0.05) is 17.3 Å². The molecule has 0 saturated carbocycles. The molecule has 1 aromatic heterocycles. The summed E-state index contributed by atoms with van der Waals surface area (Å²) in [4.78, 5) is 16.7. The van der Waals surface area contributed by atoms with Crippen LogP contribution in [-0.2, 0) is 9.53 Å². The van der Waals surface area contributed by atoms with Gasteiger partial charge in [0.25, 0.3) is 0 Å². The van der Waals surface area contributed by atoms with Crippen LogP contribution in [0.15, 0.2) is 47.8 Å². The lowest BCUT2D eigenvalue weighted by Crippen LogP contribution is -2.45. The molecule has 1 aliphatic heterocycles. The molecule has 0 radical (unpaired) electrons. The predicted molar refractivity (Wildman–Crippen MR) is 92.7 cm³/mol. The number of nitrogens with one attached hydrogen (secondary N) is 2. The number of esters is 1. The highest BCUT2D eigenvalue weighted by atomic mass is 32.1. The van der Waals surface area contributed by atoms with Crippen molar-refractivity contribution >= 4 is 34.2 Å². The van der Waals surface area contributed by atoms with E-state index in [2.05, 4.69) is 15.6 Å². The molecule has 1 aliphatic rings. The van der Waals surface area contributed by atoms with E-state index in [0.717, 1.165) is 16.5 Å². The number of carbonyl (C=O) groups is 1. The second-order valence-electron chi connectivity index (χ2n) is 5.25. The number of ether oxygens (including phenoxy) is 1. The normalized spacial score (nSPS) is 17.7. The first-order valence-corrected chi connectivity index (χ1v) is 7.81. The Hall–Kier alpha value is -2.47. The second kappa shape index (κ2) is 6.34. The SMILES string of the molecule is CCOC(=O)C1=C(C)NC(=S)N[C@@H]1c1ccc2ncccc2c1. The molecule has 0 saturated heterocycles. The molecule has 6 heteroatoms. The van der Waals surface area contributed by atoms with Crippen LogP contribution < -0.4 is 10.6 Å². The molecule has 2 aromatic rings. The Morgan fingerprint density at radius 3 is 3.00 bits per heavy atom. The Kier molecular flexibility index (Phi) is 4.25. The van der Waals surface area contributed by atoms with Gasteiger partial charge in [-0.05, 0) is 49.8 Å². The highest BCUT2D eigenvalue weighted by Gasteiger charge is 2.30. The largest absolute Gasteiger partial charge is 0.463 e. The van der Waals surface area contributed by atoms with Crippen molar-refractivity contribution in [1.82, 2.24) is 15.6 Å². The van der Waals surface area contributed by atoms with Crippen molar-refractivity contribution in [3.63, 3.8) is 0 Å². The van der Waals surface area contributed by atoms with E-state index in [1.807, 2.05) is 37.3 Å². The minimum atomic E-state index is -0.344. The summed E-state index contributed by atoms with van der Waals surface area (Å²) in [5.41, 5.74) is 3.11. The summed E-state index contributed by atoms with van der Waals surface area (Å²) >= 11 is 5.24. The zero-order valence-corrected chi connectivity index (χ0v) is 13.7. The maximum absolute atomic E-state index is 12.3. The molecule has 1 aromatic carbocycles. The lowest BCUT2D eigenvalue weighted by atomic mass is 9.94. The lowest BCUT2D eigenvalue weighted by molar-refractivity contribution is -0.139. The summed E-state index contributed by atoms with van der Waals surface area (Å²) in [7, 11) is 0. The Morgan fingerprint density at radius 2 is 2.22 bits per heavy atom. The summed E-state index contributed by atoms with van der Waals surface area (Å²) < 4.78 is 5.19. The van der Waals surface area contributed by atoms with Crippen molar-refractivity contribution in [3.05, 3.63) is 53.4 Å². The zero-order valence-electron chi connectivity index (χ0n) is 12.9. The molecule has 0 spiro atoms. The third-order valence-corrected chi connectivity index (χ3v) is 3.94. The number of fused-ring (bicyclic) bond motifs is 1. The van der Waals surface area contributed by atoms with E-state index in [0.29, 0.717) is 23.0 Å². The van der Waals surface area contributed by atoms with Gasteiger partial charge in [0.2, 0.25) is 0 Å². The van der Waals surface area contributed by atoms with E-state index < -0.39 is 0 Å². The van der Waals surface area contributed by atoms with Crippen LogP contribution in [0, 0.1) is 0 Å². The first-order valence-electron chi connectivity index (χ1n) is 7.40. The second-order valence-corrected chi connectivity index (χ2v) is 5.65. The average Bonchev–Trinajstić information content (AvgIpc) is 2.53. The van der Waals surface area contributed by atoms with Gasteiger partial charge in [0.05, 0.1) is 23.7 Å². The summed E-state index contributed by atoms with van der Waals surface area (Å²) in [6.45, 7) is 3.95. The molecular weight excluding hydrogens is 310 g/mol. The first kappa shape index (κ1) is 15.4. The summed E-state index contributed by atoms with van der Waals surface area (Å²) in [6.07, 6.45) is 1.76. The Morgan fingerprint density at radius 1 is 1.39 bits per heavy atom. The van der Waals surface area contributed by atoms with Gasteiger partial charge >= 0.3 is 5.97 Å². The Labute approximate surface area is 139 Å². The lowest BCUT2D eigenvalue weighted by Gasteiger charge is -2.30. The number of carbonyl (C=O) groups excluding carboxylic acids is 1. The summed E-state index contributed by atoms with van der Waals surface area (Å²) in [5.74, 6) is -0.344. The summed E-state index contributed by atoms with van der Waals surface area (Å²) in [6, 6.07) is 9.45. The number of nitrogens with zero attached hydrogens (tertiary/aromatic N) is 1. The van der Waals surface area contributed by atoms with Gasteiger partial charge in [-0.3, -0.25) is 4.98 Å². The molecular formula is C17H17N3O2S. The molecule has 118 valence electrons. The van der Waals surface area contributed by atoms with Gasteiger partial charge in [-0.1, -0.05) is 12.1 Å². The van der Waals surface area contributed by atoms with Crippen LogP contribution in [0.1, 0.15) is 25.5 Å². The van der Waals surface area contributed by atoms with Gasteiger partial charge in [0.15, 0.2) is 5.11 Å². The van der Waals surface area contributed by atoms with Crippen molar-refractivity contribution in [3.8, 4) is 0 Å². The summed E-state index contributed by atoms with van der Waals surface area (Å²) in [5, 5.41) is 7.65. The number of rotatable bonds is 3.